The molecule has 0 saturated heterocycles. The third-order valence-corrected chi connectivity index (χ3v) is 5.79. The number of allylic oxidation sites excluding steroid dienone is 2. The van der Waals surface area contributed by atoms with Gasteiger partial charge in [0.1, 0.15) is 5.75 Å². The van der Waals surface area contributed by atoms with Crippen LogP contribution in [0.4, 0.5) is 5.69 Å². The van der Waals surface area contributed by atoms with Gasteiger partial charge in [-0.15, -0.1) is 0 Å². The second-order valence-electron chi connectivity index (χ2n) is 6.75. The van der Waals surface area contributed by atoms with Crippen LogP contribution in [-0.2, 0) is 9.59 Å². The number of anilines is 1. The van der Waals surface area contributed by atoms with Gasteiger partial charge in [0.25, 0.3) is 0 Å². The van der Waals surface area contributed by atoms with E-state index in [2.05, 4.69) is 11.4 Å². The van der Waals surface area contributed by atoms with Gasteiger partial charge in [0.15, 0.2) is 0 Å². The van der Waals surface area contributed by atoms with Crippen molar-refractivity contribution in [3.05, 3.63) is 36.4 Å². The van der Waals surface area contributed by atoms with E-state index in [9.17, 15) is 14.7 Å². The molecule has 1 spiro atoms. The molecule has 2 saturated carbocycles. The monoisotopic (exact) mass is 313 g/mol. The number of carboxylic acids is 1. The van der Waals surface area contributed by atoms with E-state index in [-0.39, 0.29) is 23.2 Å². The minimum Gasteiger partial charge on any atom is -0.495 e. The maximum atomic E-state index is 12.8. The van der Waals surface area contributed by atoms with Gasteiger partial charge in [-0.05, 0) is 42.2 Å². The predicted octanol–water partition coefficient (Wildman–Crippen LogP) is 2.55. The second kappa shape index (κ2) is 4.85. The lowest BCUT2D eigenvalue weighted by atomic mass is 9.82. The quantitative estimate of drug-likeness (QED) is 0.838. The molecule has 4 atom stereocenters. The van der Waals surface area contributed by atoms with E-state index in [1.165, 1.54) is 0 Å². The van der Waals surface area contributed by atoms with Crippen LogP contribution in [0.5, 0.6) is 5.75 Å². The summed E-state index contributed by atoms with van der Waals surface area (Å²) in [6, 6.07) is 7.18. The van der Waals surface area contributed by atoms with Crippen molar-refractivity contribution in [2.75, 3.05) is 12.4 Å². The fraction of sp³-hybridized carbons (Fsp3) is 0.444. The highest BCUT2D eigenvalue weighted by Crippen LogP contribution is 2.72. The molecule has 2 bridgehead atoms. The first-order valence-electron chi connectivity index (χ1n) is 7.93. The third kappa shape index (κ3) is 1.92. The fourth-order valence-corrected chi connectivity index (χ4v) is 4.65. The SMILES string of the molecule is COc1ccccc1NC(=O)[C@H]1[C@@H](C(=O)O)[C@H]2C=C[C@@H]1C21CC1. The smallest absolute Gasteiger partial charge is 0.307 e. The predicted molar refractivity (Wildman–Crippen MR) is 84.0 cm³/mol. The number of aliphatic carboxylic acids is 1. The maximum Gasteiger partial charge on any atom is 0.307 e. The Hall–Kier alpha value is -2.30. The fourth-order valence-electron chi connectivity index (χ4n) is 4.65. The number of methoxy groups -OCH3 is 1. The zero-order valence-electron chi connectivity index (χ0n) is 12.9. The Kier molecular flexibility index (Phi) is 3.01. The molecule has 5 nitrogen and oxygen atoms in total. The van der Waals surface area contributed by atoms with E-state index in [0.29, 0.717) is 11.4 Å². The zero-order valence-corrected chi connectivity index (χ0v) is 12.9. The molecule has 1 aromatic rings. The number of hydrogen-bond acceptors (Lipinski definition) is 3. The van der Waals surface area contributed by atoms with Crippen molar-refractivity contribution in [2.24, 2.45) is 29.1 Å². The van der Waals surface area contributed by atoms with Crippen molar-refractivity contribution in [2.45, 2.75) is 12.8 Å². The number of carboxylic acid groups (broad SMARTS) is 1. The van der Waals surface area contributed by atoms with Crippen molar-refractivity contribution in [1.29, 1.82) is 0 Å². The first-order chi connectivity index (χ1) is 11.1. The summed E-state index contributed by atoms with van der Waals surface area (Å²) >= 11 is 0. The number of benzene rings is 1. The van der Waals surface area contributed by atoms with Crippen LogP contribution >= 0.6 is 0 Å². The molecule has 5 heteroatoms. The Morgan fingerprint density at radius 3 is 2.43 bits per heavy atom. The number of ether oxygens (including phenoxy) is 1. The van der Waals surface area contributed by atoms with Gasteiger partial charge >= 0.3 is 5.97 Å². The van der Waals surface area contributed by atoms with Crippen LogP contribution < -0.4 is 10.1 Å². The standard InChI is InChI=1S/C18H19NO4/c1-23-13-5-3-2-4-12(13)19-16(20)14-10-6-7-11(15(14)17(21)22)18(10)8-9-18/h2-7,10-11,14-15H,8-9H2,1H3,(H,19,20)(H,21,22)/t10-,11+,14+,15-/m0/s1. The van der Waals surface area contributed by atoms with E-state index in [1.807, 2.05) is 18.2 Å². The van der Waals surface area contributed by atoms with Crippen LogP contribution in [0, 0.1) is 29.1 Å². The Morgan fingerprint density at radius 1 is 1.17 bits per heavy atom. The topological polar surface area (TPSA) is 75.6 Å². The van der Waals surface area contributed by atoms with Gasteiger partial charge < -0.3 is 15.2 Å². The molecule has 23 heavy (non-hydrogen) atoms. The highest BCUT2D eigenvalue weighted by Gasteiger charge is 2.70. The lowest BCUT2D eigenvalue weighted by molar-refractivity contribution is -0.146. The lowest BCUT2D eigenvalue weighted by Crippen LogP contribution is -2.36. The molecule has 1 aromatic carbocycles. The van der Waals surface area contributed by atoms with E-state index in [1.54, 1.807) is 19.2 Å². The Balaban J connectivity index is 1.63. The van der Waals surface area contributed by atoms with Crippen molar-refractivity contribution < 1.29 is 19.4 Å². The molecule has 0 unspecified atom stereocenters. The Bertz CT molecular complexity index is 707. The van der Waals surface area contributed by atoms with Gasteiger partial charge in [0.2, 0.25) is 5.91 Å². The summed E-state index contributed by atoms with van der Waals surface area (Å²) < 4.78 is 5.25. The summed E-state index contributed by atoms with van der Waals surface area (Å²) in [5.41, 5.74) is 0.618. The summed E-state index contributed by atoms with van der Waals surface area (Å²) in [4.78, 5) is 24.6. The third-order valence-electron chi connectivity index (χ3n) is 5.79. The number of amides is 1. The molecule has 0 aromatic heterocycles. The number of para-hydroxylation sites is 2. The molecule has 2 fully saturated rings. The van der Waals surface area contributed by atoms with Crippen LogP contribution in [0.2, 0.25) is 0 Å². The van der Waals surface area contributed by atoms with E-state index < -0.39 is 17.8 Å². The molecule has 0 aliphatic heterocycles. The van der Waals surface area contributed by atoms with E-state index in [4.69, 9.17) is 4.74 Å². The molecule has 4 rings (SSSR count). The molecule has 2 N–H and O–H groups in total. The molecule has 120 valence electrons. The van der Waals surface area contributed by atoms with Gasteiger partial charge in [0.05, 0.1) is 24.6 Å². The summed E-state index contributed by atoms with van der Waals surface area (Å²) in [6.45, 7) is 0. The van der Waals surface area contributed by atoms with Gasteiger partial charge in [-0.1, -0.05) is 24.3 Å². The van der Waals surface area contributed by atoms with Crippen molar-refractivity contribution in [1.82, 2.24) is 0 Å². The van der Waals surface area contributed by atoms with Crippen molar-refractivity contribution >= 4 is 17.6 Å². The van der Waals surface area contributed by atoms with Gasteiger partial charge in [-0.25, -0.2) is 0 Å². The number of carbonyl (C=O) groups is 2. The summed E-state index contributed by atoms with van der Waals surface area (Å²) in [5, 5.41) is 12.5. The minimum atomic E-state index is -0.867. The normalized spacial score (nSPS) is 32.0. The summed E-state index contributed by atoms with van der Waals surface area (Å²) in [7, 11) is 1.55. The van der Waals surface area contributed by atoms with Gasteiger partial charge in [0, 0.05) is 0 Å². The molecule has 3 aliphatic carbocycles. The molecule has 3 aliphatic rings. The van der Waals surface area contributed by atoms with Gasteiger partial charge in [-0.3, -0.25) is 9.59 Å². The number of rotatable bonds is 4. The molecule has 1 amide bonds. The maximum absolute atomic E-state index is 12.8. The molecule has 0 radical (unpaired) electrons. The Morgan fingerprint density at radius 2 is 1.83 bits per heavy atom. The van der Waals surface area contributed by atoms with Gasteiger partial charge in [-0.2, -0.15) is 0 Å². The summed E-state index contributed by atoms with van der Waals surface area (Å²) in [5.74, 6) is -1.59. The van der Waals surface area contributed by atoms with Crippen molar-refractivity contribution in [3.8, 4) is 5.75 Å². The highest BCUT2D eigenvalue weighted by molar-refractivity contribution is 5.97. The zero-order chi connectivity index (χ0) is 16.2. The van der Waals surface area contributed by atoms with Crippen LogP contribution in [0.3, 0.4) is 0 Å². The Labute approximate surface area is 134 Å². The van der Waals surface area contributed by atoms with Crippen LogP contribution in [0.15, 0.2) is 36.4 Å². The second-order valence-corrected chi connectivity index (χ2v) is 6.75. The number of hydrogen-bond donors (Lipinski definition) is 2. The van der Waals surface area contributed by atoms with E-state index >= 15 is 0 Å². The average molecular weight is 313 g/mol. The first-order valence-corrected chi connectivity index (χ1v) is 7.93. The minimum absolute atomic E-state index is 0.00146. The van der Waals surface area contributed by atoms with Crippen LogP contribution in [-0.4, -0.2) is 24.1 Å². The molecular formula is C18H19NO4. The number of carbonyl (C=O) groups excluding carboxylic acids is 1. The first kappa shape index (κ1) is 14.3. The lowest BCUT2D eigenvalue weighted by Gasteiger charge is -2.24. The van der Waals surface area contributed by atoms with Crippen LogP contribution in [0.1, 0.15) is 12.8 Å². The van der Waals surface area contributed by atoms with E-state index in [0.717, 1.165) is 12.8 Å². The van der Waals surface area contributed by atoms with Crippen LogP contribution in [0.25, 0.3) is 0 Å². The summed E-state index contributed by atoms with van der Waals surface area (Å²) in [6.07, 6.45) is 6.13. The van der Waals surface area contributed by atoms with Crippen molar-refractivity contribution in [3.63, 3.8) is 0 Å². The number of nitrogens with one attached hydrogen (secondary N) is 1. The average Bonchev–Trinajstić information content (AvgIpc) is 3.21. The largest absolute Gasteiger partial charge is 0.495 e. The molecular weight excluding hydrogens is 294 g/mol. The highest BCUT2D eigenvalue weighted by atomic mass is 16.5. The molecule has 0 heterocycles.